The average Bonchev–Trinajstić information content (AvgIpc) is 2.37. The lowest BCUT2D eigenvalue weighted by Gasteiger charge is -2.10. The van der Waals surface area contributed by atoms with Crippen molar-refractivity contribution in [3.8, 4) is 0 Å². The Morgan fingerprint density at radius 3 is 2.52 bits per heavy atom. The van der Waals surface area contributed by atoms with Crippen LogP contribution in [0, 0.1) is 27.7 Å². The molecule has 21 heavy (non-hydrogen) atoms. The molecule has 1 rings (SSSR count). The molecule has 1 amide bonds. The number of nitrogens with zero attached hydrogens (tertiary/aromatic N) is 1. The minimum Gasteiger partial charge on any atom is -0.481 e. The maximum Gasteiger partial charge on any atom is 0.307 e. The van der Waals surface area contributed by atoms with Gasteiger partial charge >= 0.3 is 11.7 Å². The summed E-state index contributed by atoms with van der Waals surface area (Å²) in [5.41, 5.74) is -1.75. The summed E-state index contributed by atoms with van der Waals surface area (Å²) in [6, 6.07) is 0.760. The summed E-state index contributed by atoms with van der Waals surface area (Å²) in [4.78, 5) is 31.4. The van der Waals surface area contributed by atoms with Crippen LogP contribution in [0.4, 0.5) is 14.5 Å². The molecular weight excluding hydrogens is 290 g/mol. The van der Waals surface area contributed by atoms with Gasteiger partial charge in [0.25, 0.3) is 5.91 Å². The standard InChI is InChI=1S/C12H12F2N2O5/c1-6(2-11(17)18)5-15-12(19)7-3-9(14)10(16(20)21)4-8(7)13/h3-4,6H,2,5H2,1H3,(H,15,19)(H,17,18). The van der Waals surface area contributed by atoms with Gasteiger partial charge in [-0.25, -0.2) is 4.39 Å². The van der Waals surface area contributed by atoms with Crippen LogP contribution in [0.1, 0.15) is 23.7 Å². The molecule has 0 aromatic heterocycles. The highest BCUT2D eigenvalue weighted by molar-refractivity contribution is 5.94. The van der Waals surface area contributed by atoms with Gasteiger partial charge in [-0.05, 0) is 12.0 Å². The molecule has 2 N–H and O–H groups in total. The van der Waals surface area contributed by atoms with Crippen molar-refractivity contribution >= 4 is 17.6 Å². The molecule has 1 aromatic rings. The Hall–Kier alpha value is -2.58. The lowest BCUT2D eigenvalue weighted by molar-refractivity contribution is -0.387. The Morgan fingerprint density at radius 2 is 2.00 bits per heavy atom. The van der Waals surface area contributed by atoms with Crippen molar-refractivity contribution in [2.24, 2.45) is 5.92 Å². The van der Waals surface area contributed by atoms with E-state index in [1.807, 2.05) is 0 Å². The SMILES string of the molecule is CC(CNC(=O)c1cc(F)c([N+](=O)[O-])cc1F)CC(=O)O. The van der Waals surface area contributed by atoms with Crippen LogP contribution in [0.5, 0.6) is 0 Å². The number of nitro groups is 1. The van der Waals surface area contributed by atoms with E-state index < -0.39 is 45.6 Å². The molecule has 7 nitrogen and oxygen atoms in total. The molecule has 1 aromatic carbocycles. The fraction of sp³-hybridized carbons (Fsp3) is 0.333. The number of carboxylic acids is 1. The number of rotatable bonds is 6. The minimum atomic E-state index is -1.33. The highest BCUT2D eigenvalue weighted by atomic mass is 19.1. The number of aliphatic carboxylic acids is 1. The summed E-state index contributed by atoms with van der Waals surface area (Å²) in [6.07, 6.45) is -0.197. The van der Waals surface area contributed by atoms with E-state index in [4.69, 9.17) is 5.11 Å². The zero-order valence-corrected chi connectivity index (χ0v) is 10.9. The van der Waals surface area contributed by atoms with E-state index in [1.165, 1.54) is 0 Å². The fourth-order valence-corrected chi connectivity index (χ4v) is 1.58. The summed E-state index contributed by atoms with van der Waals surface area (Å²) in [5, 5.41) is 21.2. The summed E-state index contributed by atoms with van der Waals surface area (Å²) in [7, 11) is 0. The summed E-state index contributed by atoms with van der Waals surface area (Å²) in [5.74, 6) is -4.99. The first-order chi connectivity index (χ1) is 9.72. The van der Waals surface area contributed by atoms with Crippen LogP contribution in [0.3, 0.4) is 0 Å². The number of benzene rings is 1. The van der Waals surface area contributed by atoms with Gasteiger partial charge in [0.2, 0.25) is 5.82 Å². The number of amides is 1. The van der Waals surface area contributed by atoms with Gasteiger partial charge in [0.05, 0.1) is 16.6 Å². The van der Waals surface area contributed by atoms with Crippen LogP contribution < -0.4 is 5.32 Å². The highest BCUT2D eigenvalue weighted by Gasteiger charge is 2.22. The van der Waals surface area contributed by atoms with Crippen LogP contribution in [0.25, 0.3) is 0 Å². The number of hydrogen-bond donors (Lipinski definition) is 2. The Bertz CT molecular complexity index is 591. The first-order valence-corrected chi connectivity index (χ1v) is 5.85. The summed E-state index contributed by atoms with van der Waals surface area (Å²) in [6.45, 7) is 1.50. The maximum absolute atomic E-state index is 13.5. The largest absolute Gasteiger partial charge is 0.481 e. The van der Waals surface area contributed by atoms with Gasteiger partial charge in [-0.15, -0.1) is 0 Å². The quantitative estimate of drug-likeness (QED) is 0.614. The van der Waals surface area contributed by atoms with Gasteiger partial charge < -0.3 is 10.4 Å². The van der Waals surface area contributed by atoms with E-state index in [9.17, 15) is 28.5 Å². The van der Waals surface area contributed by atoms with Crippen LogP contribution in [-0.4, -0.2) is 28.5 Å². The second-order valence-corrected chi connectivity index (χ2v) is 4.45. The van der Waals surface area contributed by atoms with E-state index in [0.717, 1.165) is 0 Å². The number of nitrogens with one attached hydrogen (secondary N) is 1. The molecule has 0 saturated carbocycles. The van der Waals surface area contributed by atoms with Crippen molar-refractivity contribution in [3.63, 3.8) is 0 Å². The first kappa shape index (κ1) is 16.5. The fourth-order valence-electron chi connectivity index (χ4n) is 1.58. The number of halogens is 2. The predicted octanol–water partition coefficient (Wildman–Crippen LogP) is 1.71. The van der Waals surface area contributed by atoms with E-state index in [0.29, 0.717) is 12.1 Å². The van der Waals surface area contributed by atoms with Crippen molar-refractivity contribution in [2.45, 2.75) is 13.3 Å². The molecule has 0 radical (unpaired) electrons. The van der Waals surface area contributed by atoms with E-state index >= 15 is 0 Å². The molecule has 1 unspecified atom stereocenters. The highest BCUT2D eigenvalue weighted by Crippen LogP contribution is 2.21. The summed E-state index contributed by atoms with van der Waals surface area (Å²) < 4.78 is 26.9. The topological polar surface area (TPSA) is 110 Å². The number of nitro benzene ring substituents is 1. The molecule has 0 aliphatic heterocycles. The summed E-state index contributed by atoms with van der Waals surface area (Å²) >= 11 is 0. The van der Waals surface area contributed by atoms with Crippen LogP contribution in [0.2, 0.25) is 0 Å². The van der Waals surface area contributed by atoms with Crippen molar-refractivity contribution in [1.29, 1.82) is 0 Å². The Labute approximate surface area is 117 Å². The molecular formula is C12H12F2N2O5. The zero-order chi connectivity index (χ0) is 16.2. The molecule has 0 heterocycles. The third-order valence-electron chi connectivity index (χ3n) is 2.61. The van der Waals surface area contributed by atoms with E-state index in [1.54, 1.807) is 6.92 Å². The molecule has 9 heteroatoms. The Morgan fingerprint density at radius 1 is 1.38 bits per heavy atom. The van der Waals surface area contributed by atoms with Gasteiger partial charge in [0.1, 0.15) is 5.82 Å². The second kappa shape index (κ2) is 6.73. The van der Waals surface area contributed by atoms with Crippen molar-refractivity contribution in [3.05, 3.63) is 39.4 Å². The molecule has 114 valence electrons. The lowest BCUT2D eigenvalue weighted by atomic mass is 10.1. The molecule has 0 saturated heterocycles. The number of carbonyl (C=O) groups is 2. The smallest absolute Gasteiger partial charge is 0.307 e. The third-order valence-corrected chi connectivity index (χ3v) is 2.61. The van der Waals surface area contributed by atoms with Gasteiger partial charge in [-0.3, -0.25) is 19.7 Å². The Kier molecular flexibility index (Phi) is 5.28. The zero-order valence-electron chi connectivity index (χ0n) is 10.9. The third kappa shape index (κ3) is 4.48. The first-order valence-electron chi connectivity index (χ1n) is 5.85. The molecule has 0 fully saturated rings. The normalized spacial score (nSPS) is 11.8. The van der Waals surface area contributed by atoms with Crippen molar-refractivity contribution in [1.82, 2.24) is 5.32 Å². The van der Waals surface area contributed by atoms with Crippen LogP contribution in [0.15, 0.2) is 12.1 Å². The van der Waals surface area contributed by atoms with Gasteiger partial charge in [0, 0.05) is 13.0 Å². The second-order valence-electron chi connectivity index (χ2n) is 4.45. The van der Waals surface area contributed by atoms with E-state index in [2.05, 4.69) is 5.32 Å². The van der Waals surface area contributed by atoms with Crippen molar-refractivity contribution < 1.29 is 28.4 Å². The molecule has 0 bridgehead atoms. The molecule has 0 aliphatic carbocycles. The average molecular weight is 302 g/mol. The van der Waals surface area contributed by atoms with Crippen LogP contribution >= 0.6 is 0 Å². The molecule has 0 spiro atoms. The minimum absolute atomic E-state index is 0.0524. The number of carbonyl (C=O) groups excluding carboxylic acids is 1. The lowest BCUT2D eigenvalue weighted by Crippen LogP contribution is -2.30. The van der Waals surface area contributed by atoms with Crippen molar-refractivity contribution in [2.75, 3.05) is 6.54 Å². The predicted molar refractivity (Wildman–Crippen MR) is 66.8 cm³/mol. The van der Waals surface area contributed by atoms with Gasteiger partial charge in [-0.1, -0.05) is 6.92 Å². The monoisotopic (exact) mass is 302 g/mol. The number of hydrogen-bond acceptors (Lipinski definition) is 4. The Balaban J connectivity index is 2.82. The van der Waals surface area contributed by atoms with Gasteiger partial charge in [0.15, 0.2) is 0 Å². The molecule has 0 aliphatic rings. The van der Waals surface area contributed by atoms with E-state index in [-0.39, 0.29) is 13.0 Å². The number of carboxylic acid groups (broad SMARTS) is 1. The maximum atomic E-state index is 13.5. The van der Waals surface area contributed by atoms with Gasteiger partial charge in [-0.2, -0.15) is 4.39 Å². The van der Waals surface area contributed by atoms with Crippen LogP contribution in [-0.2, 0) is 4.79 Å². The molecule has 1 atom stereocenters.